The van der Waals surface area contributed by atoms with E-state index in [9.17, 15) is 4.79 Å². The third-order valence-corrected chi connectivity index (χ3v) is 4.94. The van der Waals surface area contributed by atoms with Crippen LogP contribution in [0.1, 0.15) is 16.9 Å². The van der Waals surface area contributed by atoms with Gasteiger partial charge in [0.05, 0.1) is 10.0 Å². The number of fused-ring (bicyclic) bond motifs is 1. The lowest BCUT2D eigenvalue weighted by atomic mass is 10.1. The van der Waals surface area contributed by atoms with Crippen LogP contribution in [0.4, 0.5) is 0 Å². The lowest BCUT2D eigenvalue weighted by molar-refractivity contribution is 0.0780. The number of carbonyl (C=O) groups excluding carboxylic acids is 1. The molecule has 1 atom stereocenters. The number of carbonyl (C=O) groups is 1. The number of nitrogens with one attached hydrogen (secondary N) is 1. The topological polar surface area (TPSA) is 39.3 Å². The number of hydrogen-bond acceptors (Lipinski definition) is 2. The Bertz CT molecular complexity index is 711. The molecule has 3 rings (SSSR count). The number of halogens is 2. The fourth-order valence-corrected chi connectivity index (χ4v) is 3.49. The Balaban J connectivity index is 1.80. The number of amides is 1. The summed E-state index contributed by atoms with van der Waals surface area (Å²) in [5.41, 5.74) is 1.41. The number of hydrogen-bond donors (Lipinski definition) is 1. The highest BCUT2D eigenvalue weighted by Gasteiger charge is 2.28. The van der Waals surface area contributed by atoms with Crippen molar-refractivity contribution in [2.45, 2.75) is 6.42 Å². The van der Waals surface area contributed by atoms with Crippen LogP contribution in [0.5, 0.6) is 0 Å². The minimum atomic E-state index is 0.0321. The second-order valence-corrected chi connectivity index (χ2v) is 6.96. The van der Waals surface area contributed by atoms with Crippen molar-refractivity contribution in [1.29, 1.82) is 0 Å². The Morgan fingerprint density at radius 3 is 2.91 bits per heavy atom. The van der Waals surface area contributed by atoms with Gasteiger partial charge in [0.1, 0.15) is 5.69 Å². The monoisotopic (exact) mass is 339 g/mol. The van der Waals surface area contributed by atoms with Gasteiger partial charge in [-0.3, -0.25) is 4.79 Å². The van der Waals surface area contributed by atoms with Crippen LogP contribution in [0.25, 0.3) is 10.9 Å². The van der Waals surface area contributed by atoms with E-state index in [0.717, 1.165) is 37.0 Å². The fraction of sp³-hybridized carbons (Fsp3) is 0.438. The normalized spacial score (nSPS) is 18.6. The molecule has 1 N–H and O–H groups in total. The van der Waals surface area contributed by atoms with Gasteiger partial charge in [-0.2, -0.15) is 0 Å². The van der Waals surface area contributed by atoms with E-state index >= 15 is 0 Å². The predicted octanol–water partition coefficient (Wildman–Crippen LogP) is 3.50. The summed E-state index contributed by atoms with van der Waals surface area (Å²) in [5.74, 6) is 0.575. The van der Waals surface area contributed by atoms with Crippen LogP contribution in [0.3, 0.4) is 0 Å². The van der Waals surface area contributed by atoms with Gasteiger partial charge in [-0.15, -0.1) is 0 Å². The molecule has 118 valence electrons. The SMILES string of the molecule is CN(C)C[C@@H]1CCN(C(=O)c2cc3c(Cl)c(Cl)ccc3[nH]2)C1. The van der Waals surface area contributed by atoms with E-state index in [0.29, 0.717) is 21.7 Å². The first-order chi connectivity index (χ1) is 10.5. The molecule has 1 fully saturated rings. The highest BCUT2D eigenvalue weighted by molar-refractivity contribution is 6.45. The highest BCUT2D eigenvalue weighted by atomic mass is 35.5. The molecule has 1 aliphatic rings. The van der Waals surface area contributed by atoms with Gasteiger partial charge in [0, 0.05) is 30.5 Å². The van der Waals surface area contributed by atoms with Crippen LogP contribution < -0.4 is 0 Å². The van der Waals surface area contributed by atoms with Gasteiger partial charge in [-0.1, -0.05) is 23.2 Å². The molecule has 1 aromatic carbocycles. The second kappa shape index (κ2) is 6.11. The molecule has 2 heterocycles. The molecule has 0 bridgehead atoms. The molecule has 0 radical (unpaired) electrons. The summed E-state index contributed by atoms with van der Waals surface area (Å²) < 4.78 is 0. The first kappa shape index (κ1) is 15.7. The maximum atomic E-state index is 12.6. The van der Waals surface area contributed by atoms with Gasteiger partial charge in [-0.05, 0) is 44.6 Å². The molecule has 0 unspecified atom stereocenters. The molecule has 22 heavy (non-hydrogen) atoms. The highest BCUT2D eigenvalue weighted by Crippen LogP contribution is 2.31. The number of aromatic nitrogens is 1. The second-order valence-electron chi connectivity index (χ2n) is 6.17. The van der Waals surface area contributed by atoms with Crippen molar-refractivity contribution >= 4 is 40.0 Å². The first-order valence-electron chi connectivity index (χ1n) is 7.36. The van der Waals surface area contributed by atoms with Crippen LogP contribution in [-0.4, -0.2) is 54.4 Å². The lowest BCUT2D eigenvalue weighted by Gasteiger charge is -2.18. The number of nitrogens with zero attached hydrogens (tertiary/aromatic N) is 2. The smallest absolute Gasteiger partial charge is 0.270 e. The number of likely N-dealkylation sites (tertiary alicyclic amines) is 1. The maximum Gasteiger partial charge on any atom is 0.270 e. The Labute approximate surface area is 140 Å². The average Bonchev–Trinajstić information content (AvgIpc) is 3.08. The molecule has 1 saturated heterocycles. The van der Waals surface area contributed by atoms with Gasteiger partial charge in [-0.25, -0.2) is 0 Å². The number of aromatic amines is 1. The van der Waals surface area contributed by atoms with Crippen LogP contribution in [-0.2, 0) is 0 Å². The van der Waals surface area contributed by atoms with Gasteiger partial charge in [0.2, 0.25) is 0 Å². The summed E-state index contributed by atoms with van der Waals surface area (Å²) in [6.45, 7) is 2.62. The average molecular weight is 340 g/mol. The molecule has 6 heteroatoms. The van der Waals surface area contributed by atoms with Gasteiger partial charge in [0.25, 0.3) is 5.91 Å². The molecule has 1 aromatic heterocycles. The molecular formula is C16H19Cl2N3O. The van der Waals surface area contributed by atoms with E-state index in [-0.39, 0.29) is 5.91 Å². The van der Waals surface area contributed by atoms with Crippen LogP contribution in [0.2, 0.25) is 10.0 Å². The molecule has 0 aliphatic carbocycles. The summed E-state index contributed by atoms with van der Waals surface area (Å²) in [5, 5.41) is 1.78. The molecule has 0 spiro atoms. The summed E-state index contributed by atoms with van der Waals surface area (Å²) in [6.07, 6.45) is 1.05. The first-order valence-corrected chi connectivity index (χ1v) is 8.12. The summed E-state index contributed by atoms with van der Waals surface area (Å²) in [6, 6.07) is 5.38. The van der Waals surface area contributed by atoms with E-state index in [1.165, 1.54) is 0 Å². The third kappa shape index (κ3) is 2.96. The number of benzene rings is 1. The van der Waals surface area contributed by atoms with Crippen molar-refractivity contribution in [1.82, 2.24) is 14.8 Å². The van der Waals surface area contributed by atoms with Crippen LogP contribution in [0, 0.1) is 5.92 Å². The minimum absolute atomic E-state index is 0.0321. The zero-order valence-corrected chi connectivity index (χ0v) is 14.2. The predicted molar refractivity (Wildman–Crippen MR) is 90.9 cm³/mol. The molecular weight excluding hydrogens is 321 g/mol. The molecule has 2 aromatic rings. The fourth-order valence-electron chi connectivity index (χ4n) is 3.11. The maximum absolute atomic E-state index is 12.6. The van der Waals surface area contributed by atoms with Crippen molar-refractivity contribution in [2.24, 2.45) is 5.92 Å². The molecule has 4 nitrogen and oxygen atoms in total. The van der Waals surface area contributed by atoms with Crippen molar-refractivity contribution in [2.75, 3.05) is 33.7 Å². The largest absolute Gasteiger partial charge is 0.350 e. The van der Waals surface area contributed by atoms with Gasteiger partial charge >= 0.3 is 0 Å². The van der Waals surface area contributed by atoms with E-state index < -0.39 is 0 Å². The zero-order chi connectivity index (χ0) is 15.9. The number of rotatable bonds is 3. The van der Waals surface area contributed by atoms with Crippen LogP contribution >= 0.6 is 23.2 Å². The molecule has 0 saturated carbocycles. The van der Waals surface area contributed by atoms with E-state index in [2.05, 4.69) is 24.0 Å². The standard InChI is InChI=1S/C16H19Cl2N3O/c1-20(2)8-10-5-6-21(9-10)16(22)14-7-11-13(19-14)4-3-12(17)15(11)18/h3-4,7,10,19H,5-6,8-9H2,1-2H3/t10-/m0/s1. The summed E-state index contributed by atoms with van der Waals surface area (Å²) >= 11 is 12.2. The zero-order valence-electron chi connectivity index (χ0n) is 12.7. The van der Waals surface area contributed by atoms with E-state index in [1.54, 1.807) is 12.1 Å². The van der Waals surface area contributed by atoms with Gasteiger partial charge in [0.15, 0.2) is 0 Å². The van der Waals surface area contributed by atoms with E-state index in [4.69, 9.17) is 23.2 Å². The molecule has 1 amide bonds. The van der Waals surface area contributed by atoms with Crippen LogP contribution in [0.15, 0.2) is 18.2 Å². The van der Waals surface area contributed by atoms with Crippen molar-refractivity contribution < 1.29 is 4.79 Å². The van der Waals surface area contributed by atoms with Crippen molar-refractivity contribution in [3.8, 4) is 0 Å². The van der Waals surface area contributed by atoms with E-state index in [1.807, 2.05) is 11.0 Å². The third-order valence-electron chi connectivity index (χ3n) is 4.12. The van der Waals surface area contributed by atoms with Crippen molar-refractivity contribution in [3.63, 3.8) is 0 Å². The number of H-pyrrole nitrogens is 1. The van der Waals surface area contributed by atoms with Crippen molar-refractivity contribution in [3.05, 3.63) is 33.9 Å². The lowest BCUT2D eigenvalue weighted by Crippen LogP contribution is -2.30. The molecule has 1 aliphatic heterocycles. The quantitative estimate of drug-likeness (QED) is 0.929. The Kier molecular flexibility index (Phi) is 4.35. The van der Waals surface area contributed by atoms with Gasteiger partial charge < -0.3 is 14.8 Å². The Hall–Kier alpha value is -1.23. The Morgan fingerprint density at radius 2 is 2.18 bits per heavy atom. The Morgan fingerprint density at radius 1 is 1.41 bits per heavy atom. The summed E-state index contributed by atoms with van der Waals surface area (Å²) in [4.78, 5) is 19.9. The minimum Gasteiger partial charge on any atom is -0.350 e. The summed E-state index contributed by atoms with van der Waals surface area (Å²) in [7, 11) is 4.13.